The Labute approximate surface area is 372 Å². The molecule has 0 fully saturated rings. The largest absolute Gasteiger partial charge is 0.309 e. The summed E-state index contributed by atoms with van der Waals surface area (Å²) in [4.78, 5) is 11.4. The molecule has 1 aliphatic rings. The van der Waals surface area contributed by atoms with Crippen LogP contribution in [0.5, 0.6) is 0 Å². The molecule has 0 bridgehead atoms. The third-order valence-electron chi connectivity index (χ3n) is 14.0. The van der Waals surface area contributed by atoms with Gasteiger partial charge in [0.1, 0.15) is 0 Å². The topological polar surface area (TPSA) is 40.6 Å². The maximum atomic E-state index is 5.72. The van der Waals surface area contributed by atoms with Crippen LogP contribution in [-0.2, 0) is 0 Å². The van der Waals surface area contributed by atoms with E-state index >= 15 is 0 Å². The van der Waals surface area contributed by atoms with Gasteiger partial charge < -0.3 is 9.13 Å². The normalized spacial score (nSPS) is 12.3. The molecule has 10 aromatic carbocycles. The molecule has 5 heterocycles. The number of rotatable bonds is 3. The van der Waals surface area contributed by atoms with Crippen molar-refractivity contribution in [2.45, 2.75) is 0 Å². The van der Waals surface area contributed by atoms with Gasteiger partial charge in [0.2, 0.25) is 5.95 Å². The van der Waals surface area contributed by atoms with Crippen LogP contribution in [0, 0.1) is 0 Å². The SMILES string of the molecule is c1ccc(-n2c3ccccc3c3cc(-c4nc(-n5c6ccccc6c6c7c8c(cc65)c5ccccc5n8-c5ccccc5-c5ccccc5-7)nc5c4ccc4ccccc45)ccc32)cc1. The van der Waals surface area contributed by atoms with Crippen molar-refractivity contribution in [2.24, 2.45) is 0 Å². The van der Waals surface area contributed by atoms with E-state index in [9.17, 15) is 0 Å². The smallest absolute Gasteiger partial charge is 0.235 e. The predicted octanol–water partition coefficient (Wildman–Crippen LogP) is 15.4. The summed E-state index contributed by atoms with van der Waals surface area (Å²) in [7, 11) is 0. The molecule has 65 heavy (non-hydrogen) atoms. The van der Waals surface area contributed by atoms with Crippen LogP contribution in [-0.4, -0.2) is 23.7 Å². The lowest BCUT2D eigenvalue weighted by Crippen LogP contribution is -2.04. The molecule has 0 saturated carbocycles. The van der Waals surface area contributed by atoms with Gasteiger partial charge in [-0.25, -0.2) is 9.97 Å². The summed E-state index contributed by atoms with van der Waals surface area (Å²) in [5, 5.41) is 10.4. The highest BCUT2D eigenvalue weighted by molar-refractivity contribution is 6.28. The fourth-order valence-electron chi connectivity index (χ4n) is 11.3. The molecule has 1 aliphatic heterocycles. The van der Waals surface area contributed by atoms with Gasteiger partial charge >= 0.3 is 0 Å². The van der Waals surface area contributed by atoms with E-state index in [2.05, 4.69) is 226 Å². The van der Waals surface area contributed by atoms with Crippen LogP contribution in [0.15, 0.2) is 212 Å². The second-order valence-electron chi connectivity index (χ2n) is 17.3. The fraction of sp³-hybridized carbons (Fsp3) is 0. The van der Waals surface area contributed by atoms with E-state index < -0.39 is 0 Å². The molecule has 0 amide bonds. The number of para-hydroxylation sites is 5. The van der Waals surface area contributed by atoms with Gasteiger partial charge in [0.15, 0.2) is 0 Å². The summed E-state index contributed by atoms with van der Waals surface area (Å²) in [5.41, 5.74) is 16.9. The second-order valence-corrected chi connectivity index (χ2v) is 17.3. The van der Waals surface area contributed by atoms with E-state index in [-0.39, 0.29) is 0 Å². The van der Waals surface area contributed by atoms with Crippen molar-refractivity contribution in [3.63, 3.8) is 0 Å². The molecule has 0 spiro atoms. The van der Waals surface area contributed by atoms with Gasteiger partial charge in [0, 0.05) is 65.5 Å². The molecule has 0 saturated heterocycles. The van der Waals surface area contributed by atoms with Gasteiger partial charge in [-0.15, -0.1) is 0 Å². The maximum absolute atomic E-state index is 5.72. The Bertz CT molecular complexity index is 4360. The number of hydrogen-bond donors (Lipinski definition) is 0. The van der Waals surface area contributed by atoms with Crippen LogP contribution >= 0.6 is 0 Å². The standard InChI is InChI=1S/C60H35N5/c1-2-17-38(18-3-1)63-49-26-12-9-22-42(49)47-34-37(31-33-53(47)63)57-46-32-30-36-16-4-5-19-39(36)58(46)62-60(61-57)65-52-29-15-11-25-45(52)55-54(65)35-48-43-23-10-14-28-51(43)64-50-27-13-8-21-41(50)40-20-6-7-24-44(40)56(55)59(48)64/h1-35H. The average Bonchev–Trinajstić information content (AvgIpc) is 3.98. The number of benzene rings is 10. The van der Waals surface area contributed by atoms with Crippen molar-refractivity contribution in [2.75, 3.05) is 0 Å². The van der Waals surface area contributed by atoms with Gasteiger partial charge in [0.05, 0.1) is 50.0 Å². The fourth-order valence-corrected chi connectivity index (χ4v) is 11.3. The lowest BCUT2D eigenvalue weighted by molar-refractivity contribution is 1.02. The Morgan fingerprint density at radius 2 is 0.954 bits per heavy atom. The minimum Gasteiger partial charge on any atom is -0.309 e. The van der Waals surface area contributed by atoms with Gasteiger partial charge in [-0.1, -0.05) is 152 Å². The number of nitrogens with zero attached hydrogens (tertiary/aromatic N) is 5. The summed E-state index contributed by atoms with van der Waals surface area (Å²) in [6.07, 6.45) is 0. The minimum atomic E-state index is 0.641. The van der Waals surface area contributed by atoms with Gasteiger partial charge in [-0.05, 0) is 77.2 Å². The van der Waals surface area contributed by atoms with Crippen molar-refractivity contribution >= 4 is 87.1 Å². The third-order valence-corrected chi connectivity index (χ3v) is 14.0. The summed E-state index contributed by atoms with van der Waals surface area (Å²) in [5.74, 6) is 0.641. The zero-order valence-corrected chi connectivity index (χ0v) is 34.9. The lowest BCUT2D eigenvalue weighted by Gasteiger charge is -2.14. The van der Waals surface area contributed by atoms with Crippen LogP contribution in [0.25, 0.3) is 138 Å². The highest BCUT2D eigenvalue weighted by Crippen LogP contribution is 2.52. The molecule has 4 aromatic heterocycles. The highest BCUT2D eigenvalue weighted by atomic mass is 15.2. The number of aromatic nitrogens is 5. The maximum Gasteiger partial charge on any atom is 0.235 e. The van der Waals surface area contributed by atoms with E-state index in [1.807, 2.05) is 0 Å². The predicted molar refractivity (Wildman–Crippen MR) is 270 cm³/mol. The van der Waals surface area contributed by atoms with Crippen molar-refractivity contribution in [1.82, 2.24) is 23.7 Å². The first-order valence-electron chi connectivity index (χ1n) is 22.3. The Kier molecular flexibility index (Phi) is 6.89. The first-order valence-corrected chi connectivity index (χ1v) is 22.3. The molecular formula is C60H35N5. The summed E-state index contributed by atoms with van der Waals surface area (Å²) in [6, 6.07) is 77.1. The molecule has 0 aliphatic carbocycles. The van der Waals surface area contributed by atoms with E-state index in [0.29, 0.717) is 5.95 Å². The summed E-state index contributed by atoms with van der Waals surface area (Å²) in [6.45, 7) is 0. The zero-order chi connectivity index (χ0) is 42.3. The second kappa shape index (κ2) is 12.9. The Morgan fingerprint density at radius 1 is 0.338 bits per heavy atom. The van der Waals surface area contributed by atoms with Crippen LogP contribution in [0.3, 0.4) is 0 Å². The monoisotopic (exact) mass is 825 g/mol. The van der Waals surface area contributed by atoms with Crippen LogP contribution < -0.4 is 0 Å². The molecule has 300 valence electrons. The van der Waals surface area contributed by atoms with E-state index in [0.717, 1.165) is 60.6 Å². The van der Waals surface area contributed by atoms with Gasteiger partial charge in [-0.3, -0.25) is 4.57 Å². The Morgan fingerprint density at radius 3 is 1.77 bits per heavy atom. The molecule has 15 rings (SSSR count). The summed E-state index contributed by atoms with van der Waals surface area (Å²) >= 11 is 0. The third kappa shape index (κ3) is 4.65. The Hall–Kier alpha value is -8.80. The van der Waals surface area contributed by atoms with E-state index in [4.69, 9.17) is 9.97 Å². The van der Waals surface area contributed by atoms with Crippen LogP contribution in [0.2, 0.25) is 0 Å². The van der Waals surface area contributed by atoms with Gasteiger partial charge in [-0.2, -0.15) is 0 Å². The van der Waals surface area contributed by atoms with Crippen LogP contribution in [0.1, 0.15) is 0 Å². The molecular weight excluding hydrogens is 791 g/mol. The molecule has 14 aromatic rings. The molecule has 5 heteroatoms. The molecule has 0 N–H and O–H groups in total. The molecule has 0 radical (unpaired) electrons. The van der Waals surface area contributed by atoms with Crippen molar-refractivity contribution < 1.29 is 0 Å². The first-order chi connectivity index (χ1) is 32.3. The Balaban J connectivity index is 1.09. The lowest BCUT2D eigenvalue weighted by atomic mass is 9.91. The zero-order valence-electron chi connectivity index (χ0n) is 34.9. The van der Waals surface area contributed by atoms with E-state index in [1.54, 1.807) is 0 Å². The van der Waals surface area contributed by atoms with Gasteiger partial charge in [0.25, 0.3) is 0 Å². The number of hydrogen-bond acceptors (Lipinski definition) is 2. The minimum absolute atomic E-state index is 0.641. The van der Waals surface area contributed by atoms with Crippen molar-refractivity contribution in [1.29, 1.82) is 0 Å². The molecule has 5 nitrogen and oxygen atoms in total. The molecule has 0 atom stereocenters. The number of fused-ring (bicyclic) bond motifs is 18. The van der Waals surface area contributed by atoms with Crippen molar-refractivity contribution in [3.05, 3.63) is 212 Å². The van der Waals surface area contributed by atoms with E-state index in [1.165, 1.54) is 71.4 Å². The summed E-state index contributed by atoms with van der Waals surface area (Å²) < 4.78 is 7.20. The van der Waals surface area contributed by atoms with Crippen molar-refractivity contribution in [3.8, 4) is 50.8 Å². The average molecular weight is 826 g/mol. The first kappa shape index (κ1) is 34.7. The quantitative estimate of drug-likeness (QED) is 0.167. The molecule has 0 unspecified atom stereocenters. The van der Waals surface area contributed by atoms with Crippen LogP contribution in [0.4, 0.5) is 0 Å². The highest BCUT2D eigenvalue weighted by Gasteiger charge is 2.29.